The van der Waals surface area contributed by atoms with Gasteiger partial charge in [-0.15, -0.1) is 0 Å². The van der Waals surface area contributed by atoms with Crippen LogP contribution in [-0.2, 0) is 9.59 Å². The number of anilines is 1. The molecule has 4 amide bonds. The van der Waals surface area contributed by atoms with Crippen molar-refractivity contribution in [3.05, 3.63) is 29.8 Å². The Bertz CT molecular complexity index is 681. The summed E-state index contributed by atoms with van der Waals surface area (Å²) in [6, 6.07) is 6.85. The van der Waals surface area contributed by atoms with Crippen LogP contribution in [0.4, 0.5) is 10.5 Å². The molecule has 0 fully saturated rings. The van der Waals surface area contributed by atoms with Gasteiger partial charge in [0.25, 0.3) is 0 Å². The largest absolute Gasteiger partial charge is 0.369 e. The lowest BCUT2D eigenvalue weighted by Gasteiger charge is -2.39. The van der Waals surface area contributed by atoms with E-state index in [2.05, 4.69) is 10.6 Å². The van der Waals surface area contributed by atoms with Crippen LogP contribution in [-0.4, -0.2) is 36.0 Å². The molecule has 1 aliphatic rings. The summed E-state index contributed by atoms with van der Waals surface area (Å²) in [7, 11) is 0. The highest BCUT2D eigenvalue weighted by molar-refractivity contribution is 5.97. The summed E-state index contributed by atoms with van der Waals surface area (Å²) in [5, 5.41) is 5.04. The van der Waals surface area contributed by atoms with Crippen LogP contribution in [0.25, 0.3) is 0 Å². The molecule has 0 radical (unpaired) electrons. The molecule has 2 atom stereocenters. The summed E-state index contributed by atoms with van der Waals surface area (Å²) in [6.07, 6.45) is 0.536. The van der Waals surface area contributed by atoms with Crippen molar-refractivity contribution >= 4 is 23.5 Å². The molecule has 0 aliphatic carbocycles. The van der Waals surface area contributed by atoms with Gasteiger partial charge in [0.2, 0.25) is 11.8 Å². The molecule has 7 heteroatoms. The van der Waals surface area contributed by atoms with E-state index in [4.69, 9.17) is 5.73 Å². The van der Waals surface area contributed by atoms with Crippen molar-refractivity contribution in [2.24, 2.45) is 5.73 Å². The number of rotatable bonds is 3. The number of nitrogens with zero attached hydrogens (tertiary/aromatic N) is 1. The lowest BCUT2D eigenvalue weighted by atomic mass is 9.85. The van der Waals surface area contributed by atoms with E-state index < -0.39 is 17.5 Å². The van der Waals surface area contributed by atoms with Crippen LogP contribution in [0.2, 0.25) is 0 Å². The van der Waals surface area contributed by atoms with Crippen molar-refractivity contribution in [2.75, 3.05) is 11.4 Å². The molecule has 25 heavy (non-hydrogen) atoms. The third kappa shape index (κ3) is 4.71. The predicted octanol–water partition coefficient (Wildman–Crippen LogP) is 1.48. The van der Waals surface area contributed by atoms with Crippen LogP contribution in [0.1, 0.15) is 45.6 Å². The van der Waals surface area contributed by atoms with Crippen LogP contribution >= 0.6 is 0 Å². The van der Waals surface area contributed by atoms with Crippen LogP contribution < -0.4 is 21.3 Å². The van der Waals surface area contributed by atoms with E-state index >= 15 is 0 Å². The number of amides is 4. The van der Waals surface area contributed by atoms with Gasteiger partial charge in [0.1, 0.15) is 0 Å². The van der Waals surface area contributed by atoms with Gasteiger partial charge in [-0.1, -0.05) is 18.2 Å². The summed E-state index contributed by atoms with van der Waals surface area (Å²) in [4.78, 5) is 37.8. The van der Waals surface area contributed by atoms with Gasteiger partial charge in [0, 0.05) is 17.3 Å². The lowest BCUT2D eigenvalue weighted by molar-refractivity contribution is -0.119. The fourth-order valence-corrected chi connectivity index (χ4v) is 3.08. The highest BCUT2D eigenvalue weighted by Crippen LogP contribution is 2.37. The van der Waals surface area contributed by atoms with Crippen molar-refractivity contribution in [1.82, 2.24) is 10.6 Å². The SMILES string of the molecule is C[C@H]1C[C@@H](C(N)=O)c2ccccc2N1CC(=O)NC(=O)NC(C)(C)C. The van der Waals surface area contributed by atoms with Crippen molar-refractivity contribution in [3.8, 4) is 0 Å². The topological polar surface area (TPSA) is 105 Å². The third-order valence-corrected chi connectivity index (χ3v) is 4.13. The molecule has 136 valence electrons. The van der Waals surface area contributed by atoms with E-state index in [-0.39, 0.29) is 24.4 Å². The minimum Gasteiger partial charge on any atom is -0.369 e. The minimum atomic E-state index is -0.523. The first-order chi connectivity index (χ1) is 11.6. The molecule has 0 aromatic heterocycles. The number of hydrogen-bond acceptors (Lipinski definition) is 4. The number of primary amides is 1. The Kier molecular flexibility index (Phi) is 5.35. The lowest BCUT2D eigenvalue weighted by Crippen LogP contribution is -2.52. The number of imide groups is 1. The molecule has 0 bridgehead atoms. The molecule has 1 heterocycles. The fraction of sp³-hybridized carbons (Fsp3) is 0.500. The molecular weight excluding hydrogens is 320 g/mol. The van der Waals surface area contributed by atoms with Gasteiger partial charge in [-0.05, 0) is 45.7 Å². The van der Waals surface area contributed by atoms with Crippen LogP contribution in [0.5, 0.6) is 0 Å². The zero-order chi connectivity index (χ0) is 18.8. The summed E-state index contributed by atoms with van der Waals surface area (Å²) in [5.41, 5.74) is 6.72. The average Bonchev–Trinajstić information content (AvgIpc) is 2.47. The Morgan fingerprint density at radius 2 is 1.88 bits per heavy atom. The number of carbonyl (C=O) groups is 3. The van der Waals surface area contributed by atoms with Gasteiger partial charge in [-0.3, -0.25) is 14.9 Å². The molecule has 0 saturated heterocycles. The summed E-state index contributed by atoms with van der Waals surface area (Å²) < 4.78 is 0. The van der Waals surface area contributed by atoms with Crippen molar-refractivity contribution in [2.45, 2.75) is 51.6 Å². The van der Waals surface area contributed by atoms with E-state index in [0.29, 0.717) is 6.42 Å². The normalized spacial score (nSPS) is 19.8. The average molecular weight is 346 g/mol. The summed E-state index contributed by atoms with van der Waals surface area (Å²) >= 11 is 0. The van der Waals surface area contributed by atoms with Crippen molar-refractivity contribution in [1.29, 1.82) is 0 Å². The number of nitrogens with two attached hydrogens (primary N) is 1. The summed E-state index contributed by atoms with van der Waals surface area (Å²) in [6.45, 7) is 7.48. The van der Waals surface area contributed by atoms with Gasteiger partial charge in [-0.2, -0.15) is 0 Å². The van der Waals surface area contributed by atoms with Crippen molar-refractivity contribution < 1.29 is 14.4 Å². The van der Waals surface area contributed by atoms with E-state index in [1.165, 1.54) is 0 Å². The Morgan fingerprint density at radius 1 is 1.24 bits per heavy atom. The van der Waals surface area contributed by atoms with E-state index in [1.807, 2.05) is 56.9 Å². The molecule has 1 aromatic rings. The number of urea groups is 1. The van der Waals surface area contributed by atoms with Crippen LogP contribution in [0.3, 0.4) is 0 Å². The van der Waals surface area contributed by atoms with Crippen molar-refractivity contribution in [3.63, 3.8) is 0 Å². The van der Waals surface area contributed by atoms with Gasteiger partial charge in [-0.25, -0.2) is 4.79 Å². The molecular formula is C18H26N4O3. The Hall–Kier alpha value is -2.57. The minimum absolute atomic E-state index is 0.0290. The highest BCUT2D eigenvalue weighted by atomic mass is 16.2. The maximum absolute atomic E-state index is 12.3. The smallest absolute Gasteiger partial charge is 0.321 e. The number of carbonyl (C=O) groups excluding carboxylic acids is 3. The van der Waals surface area contributed by atoms with E-state index in [9.17, 15) is 14.4 Å². The maximum atomic E-state index is 12.3. The quantitative estimate of drug-likeness (QED) is 0.771. The molecule has 0 unspecified atom stereocenters. The van der Waals surface area contributed by atoms with Gasteiger partial charge in [0.15, 0.2) is 0 Å². The number of benzene rings is 1. The van der Waals surface area contributed by atoms with Crippen LogP contribution in [0, 0.1) is 0 Å². The molecule has 1 aromatic carbocycles. The Balaban J connectivity index is 2.13. The monoisotopic (exact) mass is 346 g/mol. The zero-order valence-corrected chi connectivity index (χ0v) is 15.1. The Labute approximate surface area is 147 Å². The first-order valence-electron chi connectivity index (χ1n) is 8.35. The summed E-state index contributed by atoms with van der Waals surface area (Å²) in [5.74, 6) is -1.14. The molecule has 0 saturated carbocycles. The van der Waals surface area contributed by atoms with Gasteiger partial charge < -0.3 is 16.0 Å². The number of fused-ring (bicyclic) bond motifs is 1. The number of para-hydroxylation sites is 1. The van der Waals surface area contributed by atoms with Gasteiger partial charge >= 0.3 is 6.03 Å². The zero-order valence-electron chi connectivity index (χ0n) is 15.1. The second-order valence-electron chi connectivity index (χ2n) is 7.48. The second-order valence-corrected chi connectivity index (χ2v) is 7.48. The Morgan fingerprint density at radius 3 is 2.48 bits per heavy atom. The third-order valence-electron chi connectivity index (χ3n) is 4.13. The fourth-order valence-electron chi connectivity index (χ4n) is 3.08. The number of hydrogen-bond donors (Lipinski definition) is 3. The van der Waals surface area contributed by atoms with E-state index in [1.54, 1.807) is 0 Å². The molecule has 1 aliphatic heterocycles. The van der Waals surface area contributed by atoms with Crippen LogP contribution in [0.15, 0.2) is 24.3 Å². The predicted molar refractivity (Wildman–Crippen MR) is 96.2 cm³/mol. The molecule has 4 N–H and O–H groups in total. The second kappa shape index (κ2) is 7.13. The molecule has 2 rings (SSSR count). The van der Waals surface area contributed by atoms with E-state index in [0.717, 1.165) is 11.3 Å². The maximum Gasteiger partial charge on any atom is 0.321 e. The van der Waals surface area contributed by atoms with Gasteiger partial charge in [0.05, 0.1) is 12.5 Å². The first kappa shape index (κ1) is 18.8. The molecule has 7 nitrogen and oxygen atoms in total. The first-order valence-corrected chi connectivity index (χ1v) is 8.35. The number of nitrogens with one attached hydrogen (secondary N) is 2. The molecule has 0 spiro atoms. The highest BCUT2D eigenvalue weighted by Gasteiger charge is 2.33. The standard InChI is InChI=1S/C18H26N4O3/c1-11-9-13(16(19)24)12-7-5-6-8-14(12)22(11)10-15(23)20-17(25)21-18(2,3)4/h5-8,11,13H,9-10H2,1-4H3,(H2,19,24)(H2,20,21,23,25)/t11-,13+/m0/s1.